The zero-order valence-corrected chi connectivity index (χ0v) is 14.2. The number of hydrogen-bond donors (Lipinski definition) is 3. The summed E-state index contributed by atoms with van der Waals surface area (Å²) in [6.45, 7) is 2.68. The summed E-state index contributed by atoms with van der Waals surface area (Å²) >= 11 is 5.15. The highest BCUT2D eigenvalue weighted by Crippen LogP contribution is 2.21. The molecule has 0 amide bonds. The second-order valence-corrected chi connectivity index (χ2v) is 5.45. The summed E-state index contributed by atoms with van der Waals surface area (Å²) in [7, 11) is 0. The molecular formula is C16H15N7OS. The van der Waals surface area contributed by atoms with Crippen LogP contribution in [0, 0.1) is 4.91 Å². The molecule has 25 heavy (non-hydrogen) atoms. The van der Waals surface area contributed by atoms with Gasteiger partial charge in [-0.3, -0.25) is 0 Å². The predicted molar refractivity (Wildman–Crippen MR) is 102 cm³/mol. The largest absolute Gasteiger partial charge is 0.363 e. The van der Waals surface area contributed by atoms with E-state index < -0.39 is 0 Å². The van der Waals surface area contributed by atoms with E-state index in [2.05, 4.69) is 36.1 Å². The molecule has 0 saturated carbocycles. The monoisotopic (exact) mass is 353 g/mol. The van der Waals surface area contributed by atoms with Crippen molar-refractivity contribution < 1.29 is 0 Å². The first-order chi connectivity index (χ1) is 12.2. The fourth-order valence-corrected chi connectivity index (χ4v) is 2.39. The zero-order chi connectivity index (χ0) is 17.6. The molecule has 3 aromatic rings. The Bertz CT molecular complexity index is 931. The van der Waals surface area contributed by atoms with Crippen LogP contribution in [-0.4, -0.2) is 26.6 Å². The number of fused-ring (bicyclic) bond motifs is 1. The lowest BCUT2D eigenvalue weighted by Crippen LogP contribution is -2.28. The van der Waals surface area contributed by atoms with Crippen LogP contribution in [-0.2, 0) is 0 Å². The second kappa shape index (κ2) is 7.58. The van der Waals surface area contributed by atoms with Gasteiger partial charge >= 0.3 is 0 Å². The van der Waals surface area contributed by atoms with Crippen LogP contribution >= 0.6 is 12.2 Å². The molecular weight excluding hydrogens is 338 g/mol. The van der Waals surface area contributed by atoms with Crippen LogP contribution in [0.25, 0.3) is 11.2 Å². The summed E-state index contributed by atoms with van der Waals surface area (Å²) in [6, 6.07) is 10.4. The number of nitroso groups, excluding NO2 is 1. The molecule has 0 spiro atoms. The van der Waals surface area contributed by atoms with Crippen molar-refractivity contribution in [1.29, 1.82) is 0 Å². The van der Waals surface area contributed by atoms with Crippen molar-refractivity contribution in [1.82, 2.24) is 20.3 Å². The van der Waals surface area contributed by atoms with Crippen LogP contribution in [0.2, 0.25) is 0 Å². The van der Waals surface area contributed by atoms with Gasteiger partial charge in [0.05, 0.1) is 6.20 Å². The van der Waals surface area contributed by atoms with Gasteiger partial charge in [0.1, 0.15) is 17.0 Å². The summed E-state index contributed by atoms with van der Waals surface area (Å²) in [5.41, 5.74) is 2.15. The van der Waals surface area contributed by atoms with Gasteiger partial charge in [-0.15, -0.1) is 4.91 Å². The van der Waals surface area contributed by atoms with Crippen molar-refractivity contribution in [2.45, 2.75) is 6.92 Å². The van der Waals surface area contributed by atoms with Crippen molar-refractivity contribution >= 4 is 51.5 Å². The van der Waals surface area contributed by atoms with Gasteiger partial charge in [-0.2, -0.15) is 0 Å². The standard InChI is InChI=1S/C16H15N7OS/c1-2-17-16(25)22-13-7-6-12-15(20-13)21-14(9-18-12)19-10-4-3-5-11(8-10)23-24/h3-9H,2H2,1H3,(H3,17,19,20,21,22,25). The third-order valence-corrected chi connectivity index (χ3v) is 3.46. The van der Waals surface area contributed by atoms with Gasteiger partial charge in [-0.25, -0.2) is 15.0 Å². The Kier molecular flexibility index (Phi) is 5.05. The van der Waals surface area contributed by atoms with Crippen LogP contribution in [0.15, 0.2) is 47.8 Å². The van der Waals surface area contributed by atoms with Crippen LogP contribution in [0.3, 0.4) is 0 Å². The number of anilines is 3. The van der Waals surface area contributed by atoms with E-state index in [0.29, 0.717) is 39.3 Å². The van der Waals surface area contributed by atoms with E-state index in [0.717, 1.165) is 6.54 Å². The Hall–Kier alpha value is -3.20. The lowest BCUT2D eigenvalue weighted by Gasteiger charge is -2.09. The Morgan fingerprint density at radius 2 is 2.04 bits per heavy atom. The quantitative estimate of drug-likeness (QED) is 0.473. The fraction of sp³-hybridized carbons (Fsp3) is 0.125. The Morgan fingerprint density at radius 1 is 1.20 bits per heavy atom. The minimum atomic E-state index is 0.334. The van der Waals surface area contributed by atoms with Crippen molar-refractivity contribution in [2.75, 3.05) is 17.2 Å². The summed E-state index contributed by atoms with van der Waals surface area (Å²) in [6.07, 6.45) is 1.60. The molecule has 2 aromatic heterocycles. The van der Waals surface area contributed by atoms with E-state index in [1.54, 1.807) is 36.5 Å². The van der Waals surface area contributed by atoms with E-state index in [1.165, 1.54) is 0 Å². The molecule has 1 aromatic carbocycles. The number of rotatable bonds is 5. The van der Waals surface area contributed by atoms with Gasteiger partial charge in [0.2, 0.25) is 0 Å². The van der Waals surface area contributed by atoms with E-state index >= 15 is 0 Å². The number of nitrogens with zero attached hydrogens (tertiary/aromatic N) is 4. The summed E-state index contributed by atoms with van der Waals surface area (Å²) in [5.74, 6) is 1.09. The molecule has 0 fully saturated rings. The van der Waals surface area contributed by atoms with Crippen LogP contribution in [0.4, 0.5) is 23.0 Å². The minimum Gasteiger partial charge on any atom is -0.363 e. The average Bonchev–Trinajstić information content (AvgIpc) is 2.62. The summed E-state index contributed by atoms with van der Waals surface area (Å²) in [5, 5.41) is 12.5. The highest BCUT2D eigenvalue weighted by Gasteiger charge is 2.05. The molecule has 3 rings (SSSR count). The van der Waals surface area contributed by atoms with Crippen LogP contribution in [0.1, 0.15) is 6.92 Å². The van der Waals surface area contributed by atoms with Crippen LogP contribution in [0.5, 0.6) is 0 Å². The van der Waals surface area contributed by atoms with Crippen LogP contribution < -0.4 is 16.0 Å². The van der Waals surface area contributed by atoms with Crippen molar-refractivity contribution in [3.63, 3.8) is 0 Å². The first-order valence-electron chi connectivity index (χ1n) is 7.57. The Balaban J connectivity index is 1.84. The van der Waals surface area contributed by atoms with Gasteiger partial charge in [0.15, 0.2) is 16.6 Å². The van der Waals surface area contributed by atoms with E-state index in [1.807, 2.05) is 13.0 Å². The maximum Gasteiger partial charge on any atom is 0.182 e. The number of hydrogen-bond acceptors (Lipinski definition) is 7. The highest BCUT2D eigenvalue weighted by molar-refractivity contribution is 7.80. The Labute approximate surface area is 149 Å². The van der Waals surface area contributed by atoms with E-state index in [9.17, 15) is 4.91 Å². The first kappa shape index (κ1) is 16.7. The minimum absolute atomic E-state index is 0.334. The molecule has 0 saturated heterocycles. The second-order valence-electron chi connectivity index (χ2n) is 5.05. The molecule has 0 atom stereocenters. The van der Waals surface area contributed by atoms with E-state index in [4.69, 9.17) is 12.2 Å². The Morgan fingerprint density at radius 3 is 2.84 bits per heavy atom. The van der Waals surface area contributed by atoms with Crippen molar-refractivity contribution in [2.24, 2.45) is 5.18 Å². The number of benzene rings is 1. The normalized spacial score (nSPS) is 10.3. The SMILES string of the molecule is CCNC(=S)Nc1ccc2ncc(Nc3cccc(N=O)c3)nc2n1. The average molecular weight is 353 g/mol. The maximum atomic E-state index is 10.6. The molecule has 0 unspecified atom stereocenters. The predicted octanol–water partition coefficient (Wildman–Crippen LogP) is 3.47. The molecule has 2 heterocycles. The fourth-order valence-electron chi connectivity index (χ4n) is 2.14. The maximum absolute atomic E-state index is 10.6. The van der Waals surface area contributed by atoms with Crippen molar-refractivity contribution in [3.05, 3.63) is 47.5 Å². The van der Waals surface area contributed by atoms with Gasteiger partial charge in [0, 0.05) is 12.2 Å². The highest BCUT2D eigenvalue weighted by atomic mass is 32.1. The third-order valence-electron chi connectivity index (χ3n) is 3.21. The first-order valence-corrected chi connectivity index (χ1v) is 7.98. The van der Waals surface area contributed by atoms with E-state index in [-0.39, 0.29) is 0 Å². The summed E-state index contributed by atoms with van der Waals surface area (Å²) in [4.78, 5) is 23.8. The molecule has 0 aliphatic heterocycles. The van der Waals surface area contributed by atoms with Gasteiger partial charge in [0.25, 0.3) is 0 Å². The smallest absolute Gasteiger partial charge is 0.182 e. The van der Waals surface area contributed by atoms with Gasteiger partial charge in [-0.05, 0) is 54.7 Å². The molecule has 8 nitrogen and oxygen atoms in total. The molecule has 0 radical (unpaired) electrons. The topological polar surface area (TPSA) is 104 Å². The number of thiocarbonyl (C=S) groups is 1. The molecule has 126 valence electrons. The third kappa shape index (κ3) is 4.21. The number of nitrogens with one attached hydrogen (secondary N) is 3. The molecule has 0 aliphatic rings. The molecule has 9 heteroatoms. The molecule has 3 N–H and O–H groups in total. The van der Waals surface area contributed by atoms with Crippen molar-refractivity contribution in [3.8, 4) is 0 Å². The van der Waals surface area contributed by atoms with Gasteiger partial charge in [-0.1, -0.05) is 6.07 Å². The lowest BCUT2D eigenvalue weighted by atomic mass is 10.3. The number of aromatic nitrogens is 3. The van der Waals surface area contributed by atoms with Gasteiger partial charge < -0.3 is 16.0 Å². The lowest BCUT2D eigenvalue weighted by molar-refractivity contribution is 0.978. The zero-order valence-electron chi connectivity index (χ0n) is 13.4. The molecule has 0 bridgehead atoms. The molecule has 0 aliphatic carbocycles. The summed E-state index contributed by atoms with van der Waals surface area (Å²) < 4.78 is 0. The number of pyridine rings is 1.